The van der Waals surface area contributed by atoms with Crippen LogP contribution in [0.2, 0.25) is 0 Å². The molecule has 3 rings (SSSR count). The maximum atomic E-state index is 5.43. The third kappa shape index (κ3) is 4.22. The highest BCUT2D eigenvalue weighted by Gasteiger charge is 2.17. The lowest BCUT2D eigenvalue weighted by Crippen LogP contribution is -2.44. The summed E-state index contributed by atoms with van der Waals surface area (Å²) >= 11 is 1.89. The van der Waals surface area contributed by atoms with Crippen molar-refractivity contribution in [3.8, 4) is 0 Å². The standard InChI is InChI=1S/C15H20N4OS/c1-2-4-13(5-3-1)17-15(19-7-9-20-10-8-19)18-14-12-21-11-6-16-14/h1-5H,6-12H2,(H,16,17,18). The number of ether oxygens (including phenoxy) is 1. The van der Waals surface area contributed by atoms with Gasteiger partial charge in [0.05, 0.1) is 25.5 Å². The molecule has 0 spiro atoms. The Morgan fingerprint density at radius 1 is 1.24 bits per heavy atom. The summed E-state index contributed by atoms with van der Waals surface area (Å²) in [6.45, 7) is 4.08. The third-order valence-electron chi connectivity index (χ3n) is 3.34. The van der Waals surface area contributed by atoms with Crippen LogP contribution in [-0.2, 0) is 4.74 Å². The number of benzene rings is 1. The van der Waals surface area contributed by atoms with E-state index in [9.17, 15) is 0 Å². The van der Waals surface area contributed by atoms with Gasteiger partial charge in [-0.15, -0.1) is 0 Å². The van der Waals surface area contributed by atoms with Gasteiger partial charge in [0.1, 0.15) is 5.84 Å². The number of hydrogen-bond donors (Lipinski definition) is 1. The van der Waals surface area contributed by atoms with Crippen molar-refractivity contribution in [1.29, 1.82) is 0 Å². The van der Waals surface area contributed by atoms with Crippen molar-refractivity contribution in [2.24, 2.45) is 9.98 Å². The number of amidine groups is 1. The van der Waals surface area contributed by atoms with Crippen LogP contribution in [0.25, 0.3) is 0 Å². The first-order chi connectivity index (χ1) is 10.4. The molecule has 6 heteroatoms. The average Bonchev–Trinajstić information content (AvgIpc) is 2.57. The number of guanidine groups is 1. The lowest BCUT2D eigenvalue weighted by molar-refractivity contribution is 0.0681. The number of para-hydroxylation sites is 1. The topological polar surface area (TPSA) is 49.2 Å². The van der Waals surface area contributed by atoms with Crippen LogP contribution < -0.4 is 5.32 Å². The summed E-state index contributed by atoms with van der Waals surface area (Å²) in [4.78, 5) is 11.5. The Morgan fingerprint density at radius 3 is 2.76 bits per heavy atom. The molecule has 2 aliphatic rings. The van der Waals surface area contributed by atoms with E-state index in [1.807, 2.05) is 42.1 Å². The minimum atomic E-state index is 0.747. The van der Waals surface area contributed by atoms with E-state index in [1.54, 1.807) is 0 Å². The molecule has 2 aliphatic heterocycles. The van der Waals surface area contributed by atoms with Gasteiger partial charge in [0, 0.05) is 24.5 Å². The number of thioether (sulfide) groups is 1. The Morgan fingerprint density at radius 2 is 2.05 bits per heavy atom. The lowest BCUT2D eigenvalue weighted by atomic mass is 10.3. The fraction of sp³-hybridized carbons (Fsp3) is 0.467. The van der Waals surface area contributed by atoms with Gasteiger partial charge in [-0.2, -0.15) is 16.8 Å². The van der Waals surface area contributed by atoms with Crippen molar-refractivity contribution < 1.29 is 4.74 Å². The zero-order valence-corrected chi connectivity index (χ0v) is 12.8. The molecule has 5 nitrogen and oxygen atoms in total. The predicted octanol–water partition coefficient (Wildman–Crippen LogP) is 1.93. The van der Waals surface area contributed by atoms with Crippen molar-refractivity contribution in [3.05, 3.63) is 30.3 Å². The summed E-state index contributed by atoms with van der Waals surface area (Å²) in [5.41, 5.74) is 1.05. The van der Waals surface area contributed by atoms with Gasteiger partial charge in [-0.25, -0.2) is 0 Å². The molecule has 1 fully saturated rings. The predicted molar refractivity (Wildman–Crippen MR) is 89.5 cm³/mol. The van der Waals surface area contributed by atoms with Gasteiger partial charge < -0.3 is 15.0 Å². The maximum Gasteiger partial charge on any atom is 0.205 e. The van der Waals surface area contributed by atoms with Crippen LogP contribution in [0.4, 0.5) is 5.69 Å². The summed E-state index contributed by atoms with van der Waals surface area (Å²) < 4.78 is 5.43. The molecule has 0 amide bonds. The fourth-order valence-corrected chi connectivity index (χ4v) is 2.94. The number of aliphatic imine (C=N–C) groups is 2. The SMILES string of the molecule is c1ccc(NC(=NC2=NCCSC2)N2CCOCC2)cc1. The maximum absolute atomic E-state index is 5.43. The summed E-state index contributed by atoms with van der Waals surface area (Å²) in [7, 11) is 0. The average molecular weight is 304 g/mol. The molecule has 21 heavy (non-hydrogen) atoms. The van der Waals surface area contributed by atoms with Crippen molar-refractivity contribution in [2.45, 2.75) is 0 Å². The first-order valence-corrected chi connectivity index (χ1v) is 8.42. The molecule has 1 N–H and O–H groups in total. The summed E-state index contributed by atoms with van der Waals surface area (Å²) in [5, 5.41) is 3.43. The highest BCUT2D eigenvalue weighted by Crippen LogP contribution is 2.11. The van der Waals surface area contributed by atoms with E-state index in [1.165, 1.54) is 0 Å². The van der Waals surface area contributed by atoms with Gasteiger partial charge in [-0.05, 0) is 12.1 Å². The molecule has 0 atom stereocenters. The van der Waals surface area contributed by atoms with Gasteiger partial charge in [0.15, 0.2) is 0 Å². The van der Waals surface area contributed by atoms with E-state index in [0.29, 0.717) is 0 Å². The molecule has 1 aromatic rings. The Bertz CT molecular complexity index is 512. The Kier molecular flexibility index (Phi) is 5.13. The minimum absolute atomic E-state index is 0.747. The van der Waals surface area contributed by atoms with E-state index < -0.39 is 0 Å². The highest BCUT2D eigenvalue weighted by molar-refractivity contribution is 8.00. The number of anilines is 1. The molecule has 0 bridgehead atoms. The molecule has 1 saturated heterocycles. The number of nitrogens with zero attached hydrogens (tertiary/aromatic N) is 3. The lowest BCUT2D eigenvalue weighted by Gasteiger charge is -2.30. The molecule has 112 valence electrons. The highest BCUT2D eigenvalue weighted by atomic mass is 32.2. The monoisotopic (exact) mass is 304 g/mol. The quantitative estimate of drug-likeness (QED) is 0.636. The van der Waals surface area contributed by atoms with Crippen LogP contribution in [-0.4, -0.2) is 61.0 Å². The zero-order valence-electron chi connectivity index (χ0n) is 12.0. The van der Waals surface area contributed by atoms with Crippen LogP contribution in [0.15, 0.2) is 40.3 Å². The second-order valence-electron chi connectivity index (χ2n) is 4.88. The van der Waals surface area contributed by atoms with Crippen LogP contribution in [0.3, 0.4) is 0 Å². The van der Waals surface area contributed by atoms with E-state index in [-0.39, 0.29) is 0 Å². The van der Waals surface area contributed by atoms with E-state index >= 15 is 0 Å². The molecule has 1 aromatic carbocycles. The van der Waals surface area contributed by atoms with Crippen molar-refractivity contribution in [1.82, 2.24) is 4.90 Å². The smallest absolute Gasteiger partial charge is 0.205 e. The van der Waals surface area contributed by atoms with Crippen LogP contribution >= 0.6 is 11.8 Å². The zero-order chi connectivity index (χ0) is 14.3. The van der Waals surface area contributed by atoms with Crippen LogP contribution in [0, 0.1) is 0 Å². The first-order valence-electron chi connectivity index (χ1n) is 7.26. The number of rotatable bonds is 1. The first kappa shape index (κ1) is 14.4. The van der Waals surface area contributed by atoms with Gasteiger partial charge in [-0.3, -0.25) is 4.99 Å². The van der Waals surface area contributed by atoms with Gasteiger partial charge in [-0.1, -0.05) is 18.2 Å². The van der Waals surface area contributed by atoms with Gasteiger partial charge in [0.2, 0.25) is 5.96 Å². The van der Waals surface area contributed by atoms with E-state index in [4.69, 9.17) is 9.73 Å². The van der Waals surface area contributed by atoms with Crippen molar-refractivity contribution >= 4 is 29.2 Å². The Labute approximate surface area is 129 Å². The number of morpholine rings is 1. The number of nitrogens with one attached hydrogen (secondary N) is 1. The second-order valence-corrected chi connectivity index (χ2v) is 5.98. The molecular formula is C15H20N4OS. The Balaban J connectivity index is 1.79. The number of hydrogen-bond acceptors (Lipinski definition) is 4. The summed E-state index contributed by atoms with van der Waals surface area (Å²) in [6, 6.07) is 10.2. The molecular weight excluding hydrogens is 284 g/mol. The molecule has 0 aliphatic carbocycles. The van der Waals surface area contributed by atoms with Gasteiger partial charge in [0.25, 0.3) is 0 Å². The third-order valence-corrected chi connectivity index (χ3v) is 4.27. The molecule has 2 heterocycles. The van der Waals surface area contributed by atoms with Crippen LogP contribution in [0.1, 0.15) is 0 Å². The van der Waals surface area contributed by atoms with Crippen LogP contribution in [0.5, 0.6) is 0 Å². The minimum Gasteiger partial charge on any atom is -0.378 e. The van der Waals surface area contributed by atoms with Crippen molar-refractivity contribution in [3.63, 3.8) is 0 Å². The molecule has 0 radical (unpaired) electrons. The Hall–Kier alpha value is -1.53. The van der Waals surface area contributed by atoms with E-state index in [0.717, 1.165) is 61.8 Å². The molecule has 0 aromatic heterocycles. The summed E-state index contributed by atoms with van der Waals surface area (Å²) in [6.07, 6.45) is 0. The van der Waals surface area contributed by atoms with Gasteiger partial charge >= 0.3 is 0 Å². The fourth-order valence-electron chi connectivity index (χ4n) is 2.24. The molecule has 0 unspecified atom stereocenters. The van der Waals surface area contributed by atoms with E-state index in [2.05, 4.69) is 15.2 Å². The largest absolute Gasteiger partial charge is 0.378 e. The molecule has 0 saturated carbocycles. The summed E-state index contributed by atoms with van der Waals surface area (Å²) in [5.74, 6) is 3.80. The normalized spacial score (nSPS) is 20.1. The van der Waals surface area contributed by atoms with Crippen molar-refractivity contribution in [2.75, 3.05) is 49.7 Å². The second kappa shape index (κ2) is 7.47.